The Hall–Kier alpha value is -3.55. The molecule has 2 N–H and O–H groups in total. The number of aromatic nitrogens is 2. The summed E-state index contributed by atoms with van der Waals surface area (Å²) in [6, 6.07) is 8.43. The molecule has 0 unspecified atom stereocenters. The summed E-state index contributed by atoms with van der Waals surface area (Å²) in [5.41, 5.74) is 0.638. The Labute approximate surface area is 141 Å². The summed E-state index contributed by atoms with van der Waals surface area (Å²) in [7, 11) is 0. The second kappa shape index (κ2) is 6.91. The lowest BCUT2D eigenvalue weighted by atomic mass is 10.2. The second-order valence-electron chi connectivity index (χ2n) is 5.20. The molecular weight excluding hydrogens is 327 g/mol. The van der Waals surface area contributed by atoms with Crippen LogP contribution in [0.25, 0.3) is 0 Å². The van der Waals surface area contributed by atoms with Crippen molar-refractivity contribution >= 4 is 23.3 Å². The molecule has 0 aliphatic carbocycles. The quantitative estimate of drug-likeness (QED) is 0.761. The predicted molar refractivity (Wildman–Crippen MR) is 87.8 cm³/mol. The van der Waals surface area contributed by atoms with Crippen molar-refractivity contribution in [1.82, 2.24) is 10.1 Å². The fraction of sp³-hybridized carbons (Fsp3) is 0.0588. The molecule has 0 radical (unpaired) electrons. The molecule has 2 aromatic heterocycles. The van der Waals surface area contributed by atoms with Gasteiger partial charge in [0.05, 0.1) is 11.1 Å². The number of nitrogens with one attached hydrogen (secondary N) is 2. The Morgan fingerprint density at radius 3 is 2.40 bits per heavy atom. The van der Waals surface area contributed by atoms with Gasteiger partial charge in [-0.15, -0.1) is 0 Å². The third kappa shape index (κ3) is 4.05. The van der Waals surface area contributed by atoms with E-state index in [9.17, 15) is 14.0 Å². The van der Waals surface area contributed by atoms with Gasteiger partial charge in [-0.05, 0) is 31.2 Å². The van der Waals surface area contributed by atoms with Crippen LogP contribution in [0.1, 0.15) is 26.5 Å². The predicted octanol–water partition coefficient (Wildman–Crippen LogP) is 3.02. The zero-order valence-electron chi connectivity index (χ0n) is 13.1. The van der Waals surface area contributed by atoms with E-state index in [1.54, 1.807) is 19.1 Å². The number of benzene rings is 1. The second-order valence-corrected chi connectivity index (χ2v) is 5.20. The summed E-state index contributed by atoms with van der Waals surface area (Å²) in [6.07, 6.45) is 2.63. The minimum Gasteiger partial charge on any atom is -0.360 e. The lowest BCUT2D eigenvalue weighted by Crippen LogP contribution is -2.16. The van der Waals surface area contributed by atoms with Crippen molar-refractivity contribution in [1.29, 1.82) is 0 Å². The molecule has 3 aromatic rings. The molecule has 25 heavy (non-hydrogen) atoms. The van der Waals surface area contributed by atoms with Crippen LogP contribution in [0, 0.1) is 12.7 Å². The topological polar surface area (TPSA) is 97.1 Å². The van der Waals surface area contributed by atoms with Crippen LogP contribution in [0.3, 0.4) is 0 Å². The molecule has 0 aliphatic rings. The largest absolute Gasteiger partial charge is 0.360 e. The maximum atomic E-state index is 13.2. The summed E-state index contributed by atoms with van der Waals surface area (Å²) in [4.78, 5) is 28.3. The van der Waals surface area contributed by atoms with Gasteiger partial charge in [-0.2, -0.15) is 0 Å². The van der Waals surface area contributed by atoms with Gasteiger partial charge in [-0.3, -0.25) is 14.6 Å². The number of aryl methyl sites for hydroxylation is 1. The zero-order valence-corrected chi connectivity index (χ0v) is 13.1. The van der Waals surface area contributed by atoms with Crippen LogP contribution < -0.4 is 10.6 Å². The van der Waals surface area contributed by atoms with Gasteiger partial charge in [-0.25, -0.2) is 4.39 Å². The first-order valence-electron chi connectivity index (χ1n) is 7.28. The molecule has 0 saturated heterocycles. The van der Waals surface area contributed by atoms with Gasteiger partial charge >= 0.3 is 0 Å². The number of nitrogens with zero attached hydrogens (tertiary/aromatic N) is 2. The minimum atomic E-state index is -0.509. The third-order valence-corrected chi connectivity index (χ3v) is 3.21. The van der Waals surface area contributed by atoms with Crippen molar-refractivity contribution in [2.24, 2.45) is 0 Å². The molecule has 0 spiro atoms. The molecule has 0 atom stereocenters. The molecule has 0 saturated carbocycles. The van der Waals surface area contributed by atoms with E-state index in [4.69, 9.17) is 4.52 Å². The van der Waals surface area contributed by atoms with E-state index in [-0.39, 0.29) is 16.9 Å². The van der Waals surface area contributed by atoms with E-state index in [1.165, 1.54) is 36.7 Å². The molecule has 0 aliphatic heterocycles. The van der Waals surface area contributed by atoms with E-state index in [0.29, 0.717) is 11.4 Å². The van der Waals surface area contributed by atoms with Gasteiger partial charge in [0.25, 0.3) is 11.8 Å². The van der Waals surface area contributed by atoms with Gasteiger partial charge in [0.1, 0.15) is 11.6 Å². The Kier molecular flexibility index (Phi) is 4.51. The van der Waals surface area contributed by atoms with Crippen LogP contribution in [0.15, 0.2) is 53.3 Å². The van der Waals surface area contributed by atoms with Gasteiger partial charge in [0.2, 0.25) is 0 Å². The summed E-state index contributed by atoms with van der Waals surface area (Å²) in [6.45, 7) is 1.70. The molecular formula is C17H13FN4O3. The summed E-state index contributed by atoms with van der Waals surface area (Å²) < 4.78 is 18.0. The number of amides is 2. The van der Waals surface area contributed by atoms with Gasteiger partial charge < -0.3 is 15.2 Å². The van der Waals surface area contributed by atoms with Crippen molar-refractivity contribution < 1.29 is 18.5 Å². The van der Waals surface area contributed by atoms with E-state index < -0.39 is 17.6 Å². The number of carbonyl (C=O) groups is 2. The van der Waals surface area contributed by atoms with Crippen LogP contribution in [-0.4, -0.2) is 22.0 Å². The van der Waals surface area contributed by atoms with Crippen molar-refractivity contribution in [3.8, 4) is 0 Å². The highest BCUT2D eigenvalue weighted by Gasteiger charge is 2.13. The standard InChI is InChI=1S/C17H13FN4O3/c1-10-5-15(22-25-10)21-17(24)12-6-11(8-19-9-12)16(23)20-14-4-2-3-13(18)7-14/h2-9H,1H3,(H,20,23)(H,21,22,24). The normalized spacial score (nSPS) is 10.3. The van der Waals surface area contributed by atoms with Crippen LogP contribution >= 0.6 is 0 Å². The fourth-order valence-corrected chi connectivity index (χ4v) is 2.07. The summed E-state index contributed by atoms with van der Waals surface area (Å²) in [5.74, 6) is -0.646. The molecule has 0 fully saturated rings. The SMILES string of the molecule is Cc1cc(NC(=O)c2cncc(C(=O)Nc3cccc(F)c3)c2)no1. The number of rotatable bonds is 4. The number of halogens is 1. The maximum absolute atomic E-state index is 13.2. The zero-order chi connectivity index (χ0) is 17.8. The monoisotopic (exact) mass is 340 g/mol. The highest BCUT2D eigenvalue weighted by atomic mass is 19.1. The lowest BCUT2D eigenvalue weighted by Gasteiger charge is -2.06. The van der Waals surface area contributed by atoms with E-state index in [2.05, 4.69) is 20.8 Å². The number of pyridine rings is 1. The first kappa shape index (κ1) is 16.3. The molecule has 0 bridgehead atoms. The summed E-state index contributed by atoms with van der Waals surface area (Å²) in [5, 5.41) is 8.74. The van der Waals surface area contributed by atoms with Gasteiger partial charge in [0, 0.05) is 24.1 Å². The first-order chi connectivity index (χ1) is 12.0. The van der Waals surface area contributed by atoms with E-state index >= 15 is 0 Å². The molecule has 126 valence electrons. The fourth-order valence-electron chi connectivity index (χ4n) is 2.07. The smallest absolute Gasteiger partial charge is 0.258 e. The van der Waals surface area contributed by atoms with Crippen LogP contribution in [-0.2, 0) is 0 Å². The lowest BCUT2D eigenvalue weighted by molar-refractivity contribution is 0.102. The van der Waals surface area contributed by atoms with Gasteiger partial charge in [0.15, 0.2) is 5.82 Å². The Morgan fingerprint density at radius 2 is 1.76 bits per heavy atom. The molecule has 7 nitrogen and oxygen atoms in total. The Morgan fingerprint density at radius 1 is 1.04 bits per heavy atom. The Bertz CT molecular complexity index is 939. The first-order valence-corrected chi connectivity index (χ1v) is 7.28. The average molecular weight is 340 g/mol. The highest BCUT2D eigenvalue weighted by molar-refractivity contribution is 6.08. The van der Waals surface area contributed by atoms with Crippen LogP contribution in [0.2, 0.25) is 0 Å². The van der Waals surface area contributed by atoms with Crippen molar-refractivity contribution in [2.45, 2.75) is 6.92 Å². The number of carbonyl (C=O) groups excluding carboxylic acids is 2. The average Bonchev–Trinajstić information content (AvgIpc) is 3.00. The summed E-state index contributed by atoms with van der Waals surface area (Å²) >= 11 is 0. The van der Waals surface area contributed by atoms with Crippen molar-refractivity contribution in [2.75, 3.05) is 10.6 Å². The number of hydrogen-bond donors (Lipinski definition) is 2. The third-order valence-electron chi connectivity index (χ3n) is 3.21. The van der Waals surface area contributed by atoms with Crippen LogP contribution in [0.4, 0.5) is 15.9 Å². The molecule has 1 aromatic carbocycles. The molecule has 3 rings (SSSR count). The highest BCUT2D eigenvalue weighted by Crippen LogP contribution is 2.13. The number of hydrogen-bond acceptors (Lipinski definition) is 5. The van der Waals surface area contributed by atoms with Crippen molar-refractivity contribution in [3.05, 3.63) is 71.5 Å². The van der Waals surface area contributed by atoms with Crippen LogP contribution in [0.5, 0.6) is 0 Å². The van der Waals surface area contributed by atoms with E-state index in [1.807, 2.05) is 0 Å². The number of anilines is 2. The minimum absolute atomic E-state index is 0.160. The van der Waals surface area contributed by atoms with E-state index in [0.717, 1.165) is 0 Å². The maximum Gasteiger partial charge on any atom is 0.258 e. The molecule has 8 heteroatoms. The molecule has 2 heterocycles. The van der Waals surface area contributed by atoms with Crippen molar-refractivity contribution in [3.63, 3.8) is 0 Å². The Balaban J connectivity index is 1.74. The van der Waals surface area contributed by atoms with Gasteiger partial charge in [-0.1, -0.05) is 11.2 Å². The molecule has 2 amide bonds.